The largest absolute Gasteiger partial charge is 0.478 e. The molecule has 0 saturated carbocycles. The highest BCUT2D eigenvalue weighted by Gasteiger charge is 2.12. The first-order valence-electron chi connectivity index (χ1n) is 5.22. The number of carboxylic acid groups (broad SMARTS) is 1. The fourth-order valence-electron chi connectivity index (χ4n) is 1.71. The maximum Gasteiger partial charge on any atom is 0.337 e. The van der Waals surface area contributed by atoms with Crippen LogP contribution in [-0.4, -0.2) is 16.1 Å². The van der Waals surface area contributed by atoms with Gasteiger partial charge in [0, 0.05) is 16.8 Å². The minimum absolute atomic E-state index is 0.0315. The second-order valence-electron chi connectivity index (χ2n) is 3.85. The highest BCUT2D eigenvalue weighted by molar-refractivity contribution is 6.31. The van der Waals surface area contributed by atoms with Gasteiger partial charge in [-0.15, -0.1) is 0 Å². The standard InChI is InChI=1S/C13H10ClNO3/c1-7-9(3-2-4-11(7)14)10-5-8(13(17)18)6-15-12(10)16/h2-6H,1H3,(H,15,16)(H,17,18). The molecule has 0 aliphatic heterocycles. The van der Waals surface area contributed by atoms with E-state index in [0.717, 1.165) is 5.56 Å². The van der Waals surface area contributed by atoms with Gasteiger partial charge in [0.15, 0.2) is 0 Å². The molecule has 0 amide bonds. The summed E-state index contributed by atoms with van der Waals surface area (Å²) in [5.41, 5.74) is 1.36. The third kappa shape index (κ3) is 2.15. The Morgan fingerprint density at radius 1 is 1.33 bits per heavy atom. The van der Waals surface area contributed by atoms with Gasteiger partial charge in [0.2, 0.25) is 0 Å². The zero-order valence-corrected chi connectivity index (χ0v) is 10.3. The summed E-state index contributed by atoms with van der Waals surface area (Å²) in [6, 6.07) is 6.52. The zero-order valence-electron chi connectivity index (χ0n) is 9.53. The molecule has 2 N–H and O–H groups in total. The number of aromatic carboxylic acids is 1. The van der Waals surface area contributed by atoms with Crippen LogP contribution in [0.15, 0.2) is 35.3 Å². The third-order valence-electron chi connectivity index (χ3n) is 2.71. The lowest BCUT2D eigenvalue weighted by Gasteiger charge is -2.07. The Labute approximate surface area is 108 Å². The number of carbonyl (C=O) groups is 1. The van der Waals surface area contributed by atoms with E-state index in [2.05, 4.69) is 4.98 Å². The molecular weight excluding hydrogens is 254 g/mol. The molecule has 4 nitrogen and oxygen atoms in total. The summed E-state index contributed by atoms with van der Waals surface area (Å²) in [7, 11) is 0. The molecule has 1 aromatic carbocycles. The Bertz CT molecular complexity index is 676. The summed E-state index contributed by atoms with van der Waals surface area (Å²) >= 11 is 5.99. The van der Waals surface area contributed by atoms with Crippen molar-refractivity contribution >= 4 is 17.6 Å². The van der Waals surface area contributed by atoms with E-state index in [1.165, 1.54) is 12.3 Å². The topological polar surface area (TPSA) is 70.2 Å². The molecule has 18 heavy (non-hydrogen) atoms. The van der Waals surface area contributed by atoms with E-state index in [-0.39, 0.29) is 11.1 Å². The van der Waals surface area contributed by atoms with Crippen molar-refractivity contribution in [2.24, 2.45) is 0 Å². The Morgan fingerprint density at radius 2 is 2.06 bits per heavy atom. The predicted molar refractivity (Wildman–Crippen MR) is 69.2 cm³/mol. The number of rotatable bonds is 2. The summed E-state index contributed by atoms with van der Waals surface area (Å²) in [5.74, 6) is -1.09. The summed E-state index contributed by atoms with van der Waals surface area (Å²) in [6.45, 7) is 1.78. The molecule has 2 aromatic rings. The first kappa shape index (κ1) is 12.4. The number of aromatic amines is 1. The fraction of sp³-hybridized carbons (Fsp3) is 0.0769. The SMILES string of the molecule is Cc1c(Cl)cccc1-c1cc(C(=O)O)c[nH]c1=O. The average Bonchev–Trinajstić information content (AvgIpc) is 2.33. The second-order valence-corrected chi connectivity index (χ2v) is 4.26. The van der Waals surface area contributed by atoms with Crippen LogP contribution in [-0.2, 0) is 0 Å². The molecule has 0 radical (unpaired) electrons. The highest BCUT2D eigenvalue weighted by Crippen LogP contribution is 2.26. The number of hydrogen-bond acceptors (Lipinski definition) is 2. The van der Waals surface area contributed by atoms with Crippen LogP contribution in [0.5, 0.6) is 0 Å². The van der Waals surface area contributed by atoms with Crippen molar-refractivity contribution in [1.82, 2.24) is 4.98 Å². The Hall–Kier alpha value is -2.07. The van der Waals surface area contributed by atoms with E-state index in [9.17, 15) is 9.59 Å². The van der Waals surface area contributed by atoms with Crippen molar-refractivity contribution in [2.45, 2.75) is 6.92 Å². The molecular formula is C13H10ClNO3. The van der Waals surface area contributed by atoms with Crippen LogP contribution < -0.4 is 5.56 Å². The maximum atomic E-state index is 11.8. The van der Waals surface area contributed by atoms with Gasteiger partial charge in [-0.2, -0.15) is 0 Å². The number of carboxylic acids is 1. The fourth-order valence-corrected chi connectivity index (χ4v) is 1.88. The van der Waals surface area contributed by atoms with Crippen LogP contribution in [0.4, 0.5) is 0 Å². The number of benzene rings is 1. The minimum Gasteiger partial charge on any atom is -0.478 e. The number of H-pyrrole nitrogens is 1. The van der Waals surface area contributed by atoms with Crippen molar-refractivity contribution in [3.8, 4) is 11.1 Å². The lowest BCUT2D eigenvalue weighted by molar-refractivity contribution is 0.0696. The number of aromatic nitrogens is 1. The Balaban J connectivity index is 2.70. The van der Waals surface area contributed by atoms with Crippen LogP contribution in [0.1, 0.15) is 15.9 Å². The van der Waals surface area contributed by atoms with Gasteiger partial charge in [-0.25, -0.2) is 4.79 Å². The van der Waals surface area contributed by atoms with Crippen molar-refractivity contribution in [3.63, 3.8) is 0 Å². The van der Waals surface area contributed by atoms with Gasteiger partial charge in [-0.05, 0) is 30.2 Å². The zero-order chi connectivity index (χ0) is 13.3. The maximum absolute atomic E-state index is 11.8. The minimum atomic E-state index is -1.09. The normalized spacial score (nSPS) is 10.3. The molecule has 0 aliphatic carbocycles. The van der Waals surface area contributed by atoms with Crippen molar-refractivity contribution < 1.29 is 9.90 Å². The predicted octanol–water partition coefficient (Wildman–Crippen LogP) is 2.70. The lowest BCUT2D eigenvalue weighted by atomic mass is 10.0. The monoisotopic (exact) mass is 263 g/mol. The van der Waals surface area contributed by atoms with Gasteiger partial charge in [0.05, 0.1) is 5.56 Å². The van der Waals surface area contributed by atoms with Gasteiger partial charge >= 0.3 is 5.97 Å². The van der Waals surface area contributed by atoms with E-state index in [1.807, 2.05) is 0 Å². The number of nitrogens with one attached hydrogen (secondary N) is 1. The summed E-state index contributed by atoms with van der Waals surface area (Å²) in [5, 5.41) is 9.46. The Kier molecular flexibility index (Phi) is 3.21. The molecule has 0 aliphatic rings. The van der Waals surface area contributed by atoms with Crippen molar-refractivity contribution in [3.05, 3.63) is 57.0 Å². The number of pyridine rings is 1. The molecule has 0 saturated heterocycles. The second kappa shape index (κ2) is 4.66. The van der Waals surface area contributed by atoms with Gasteiger partial charge in [-0.3, -0.25) is 4.79 Å². The van der Waals surface area contributed by atoms with Crippen molar-refractivity contribution in [1.29, 1.82) is 0 Å². The van der Waals surface area contributed by atoms with Crippen LogP contribution in [0.3, 0.4) is 0 Å². The summed E-state index contributed by atoms with van der Waals surface area (Å²) in [6.07, 6.45) is 1.17. The van der Waals surface area contributed by atoms with Gasteiger partial charge in [0.25, 0.3) is 5.56 Å². The molecule has 1 heterocycles. The summed E-state index contributed by atoms with van der Waals surface area (Å²) < 4.78 is 0. The van der Waals surface area contributed by atoms with Crippen LogP contribution in [0, 0.1) is 6.92 Å². The van der Waals surface area contributed by atoms with Gasteiger partial charge < -0.3 is 10.1 Å². The molecule has 2 rings (SSSR count). The van der Waals surface area contributed by atoms with Crippen LogP contribution >= 0.6 is 11.6 Å². The molecule has 1 aromatic heterocycles. The molecule has 0 bridgehead atoms. The van der Waals surface area contributed by atoms with Gasteiger partial charge in [0.1, 0.15) is 0 Å². The first-order valence-corrected chi connectivity index (χ1v) is 5.60. The van der Waals surface area contributed by atoms with E-state index in [4.69, 9.17) is 16.7 Å². The number of halogens is 1. The molecule has 0 spiro atoms. The van der Waals surface area contributed by atoms with Crippen LogP contribution in [0.2, 0.25) is 5.02 Å². The van der Waals surface area contributed by atoms with E-state index in [0.29, 0.717) is 16.1 Å². The van der Waals surface area contributed by atoms with Gasteiger partial charge in [-0.1, -0.05) is 23.7 Å². The summed E-state index contributed by atoms with van der Waals surface area (Å²) in [4.78, 5) is 25.1. The molecule has 92 valence electrons. The number of hydrogen-bond donors (Lipinski definition) is 2. The Morgan fingerprint density at radius 3 is 2.72 bits per heavy atom. The average molecular weight is 264 g/mol. The molecule has 0 fully saturated rings. The lowest BCUT2D eigenvalue weighted by Crippen LogP contribution is -2.12. The van der Waals surface area contributed by atoms with E-state index in [1.54, 1.807) is 25.1 Å². The third-order valence-corrected chi connectivity index (χ3v) is 3.12. The van der Waals surface area contributed by atoms with E-state index < -0.39 is 5.97 Å². The molecule has 0 atom stereocenters. The molecule has 5 heteroatoms. The van der Waals surface area contributed by atoms with E-state index >= 15 is 0 Å². The quantitative estimate of drug-likeness (QED) is 0.875. The highest BCUT2D eigenvalue weighted by atomic mass is 35.5. The first-order chi connectivity index (χ1) is 8.50. The smallest absolute Gasteiger partial charge is 0.337 e. The van der Waals surface area contributed by atoms with Crippen molar-refractivity contribution in [2.75, 3.05) is 0 Å². The van der Waals surface area contributed by atoms with Crippen LogP contribution in [0.25, 0.3) is 11.1 Å². The molecule has 0 unspecified atom stereocenters.